The van der Waals surface area contributed by atoms with Crippen LogP contribution in [0.25, 0.3) is 0 Å². The summed E-state index contributed by atoms with van der Waals surface area (Å²) in [6.45, 7) is 5.58. The zero-order chi connectivity index (χ0) is 41.0. The van der Waals surface area contributed by atoms with Crippen molar-refractivity contribution in [1.82, 2.24) is 0 Å². The van der Waals surface area contributed by atoms with Crippen LogP contribution in [0, 0.1) is 5.92 Å². The van der Waals surface area contributed by atoms with Crippen LogP contribution in [0.5, 0.6) is 23.0 Å². The molecular weight excluding hydrogens is 737 g/mol. The molecule has 10 nitrogen and oxygen atoms in total. The van der Waals surface area contributed by atoms with Crippen molar-refractivity contribution in [2.75, 3.05) is 13.2 Å². The zero-order valence-electron chi connectivity index (χ0n) is 33.8. The van der Waals surface area contributed by atoms with E-state index in [2.05, 4.69) is 13.8 Å². The van der Waals surface area contributed by atoms with E-state index in [0.717, 1.165) is 70.6 Å². The van der Waals surface area contributed by atoms with Gasteiger partial charge in [0.25, 0.3) is 0 Å². The molecule has 0 unspecified atom stereocenters. The van der Waals surface area contributed by atoms with Crippen molar-refractivity contribution in [1.29, 1.82) is 0 Å². The van der Waals surface area contributed by atoms with Gasteiger partial charge in [0.1, 0.15) is 23.0 Å². The highest BCUT2D eigenvalue weighted by Gasteiger charge is 2.26. The van der Waals surface area contributed by atoms with Gasteiger partial charge in [-0.1, -0.05) is 84.5 Å². The topological polar surface area (TPSA) is 124 Å². The molecule has 0 saturated heterocycles. The summed E-state index contributed by atoms with van der Waals surface area (Å²) in [5.74, 6) is -0.301. The Morgan fingerprint density at radius 3 is 1.21 bits per heavy atom. The molecule has 1 fully saturated rings. The first-order valence-electron chi connectivity index (χ1n) is 20.8. The average molecular weight is 793 g/mol. The highest BCUT2D eigenvalue weighted by atomic mass is 16.7. The van der Waals surface area contributed by atoms with Crippen molar-refractivity contribution in [3.63, 3.8) is 0 Å². The van der Waals surface area contributed by atoms with Gasteiger partial charge in [-0.2, -0.15) is 0 Å². The summed E-state index contributed by atoms with van der Waals surface area (Å²) in [5, 5.41) is 0. The largest absolute Gasteiger partial charge is 0.494 e. The third-order valence-electron chi connectivity index (χ3n) is 10.0. The molecule has 1 saturated carbocycles. The van der Waals surface area contributed by atoms with E-state index in [1.54, 1.807) is 48.5 Å². The van der Waals surface area contributed by atoms with Crippen LogP contribution in [-0.2, 0) is 9.47 Å². The predicted octanol–water partition coefficient (Wildman–Crippen LogP) is 11.4. The van der Waals surface area contributed by atoms with Gasteiger partial charge >= 0.3 is 23.9 Å². The molecule has 0 bridgehead atoms. The zero-order valence-corrected chi connectivity index (χ0v) is 33.8. The van der Waals surface area contributed by atoms with Gasteiger partial charge in [0.15, 0.2) is 0 Å². The van der Waals surface area contributed by atoms with Crippen molar-refractivity contribution in [2.45, 2.75) is 110 Å². The molecule has 4 aromatic rings. The number of rotatable bonds is 22. The Balaban J connectivity index is 1.12. The number of hydrogen-bond acceptors (Lipinski definition) is 10. The minimum atomic E-state index is -1.12. The lowest BCUT2D eigenvalue weighted by Gasteiger charge is -2.26. The normalized spacial score (nSPS) is 12.7. The fourth-order valence-electron chi connectivity index (χ4n) is 6.65. The Hall–Kier alpha value is -5.64. The van der Waals surface area contributed by atoms with Crippen molar-refractivity contribution < 1.29 is 47.6 Å². The third kappa shape index (κ3) is 14.4. The molecule has 0 amide bonds. The van der Waals surface area contributed by atoms with E-state index in [0.29, 0.717) is 42.3 Å². The first kappa shape index (κ1) is 43.5. The summed E-state index contributed by atoms with van der Waals surface area (Å²) in [6, 6.07) is 25.6. The molecule has 0 atom stereocenters. The Morgan fingerprint density at radius 2 is 0.828 bits per heavy atom. The molecular formula is C48H56O10. The second-order valence-electron chi connectivity index (χ2n) is 14.7. The first-order chi connectivity index (χ1) is 28.3. The summed E-state index contributed by atoms with van der Waals surface area (Å²) in [7, 11) is 0. The van der Waals surface area contributed by atoms with Crippen LogP contribution in [0.4, 0.5) is 0 Å². The summed E-state index contributed by atoms with van der Waals surface area (Å²) in [5.41, 5.74) is 1.15. The smallest absolute Gasteiger partial charge is 0.343 e. The fraction of sp³-hybridized carbons (Fsp3) is 0.417. The molecule has 4 aromatic carbocycles. The molecule has 0 heterocycles. The summed E-state index contributed by atoms with van der Waals surface area (Å²) >= 11 is 0. The van der Waals surface area contributed by atoms with Gasteiger partial charge in [-0.15, -0.1) is 0 Å². The van der Waals surface area contributed by atoms with Gasteiger partial charge < -0.3 is 28.4 Å². The lowest BCUT2D eigenvalue weighted by Crippen LogP contribution is -2.28. The lowest BCUT2D eigenvalue weighted by atomic mass is 9.87. The van der Waals surface area contributed by atoms with E-state index in [-0.39, 0.29) is 28.5 Å². The number of esters is 4. The van der Waals surface area contributed by atoms with Crippen LogP contribution in [0.15, 0.2) is 97.1 Å². The van der Waals surface area contributed by atoms with E-state index in [9.17, 15) is 19.2 Å². The summed E-state index contributed by atoms with van der Waals surface area (Å²) < 4.78 is 34.1. The number of ether oxygens (including phenoxy) is 6. The molecule has 308 valence electrons. The Kier molecular flexibility index (Phi) is 17.7. The monoisotopic (exact) mass is 792 g/mol. The SMILES string of the molecule is CCCCCCOc1ccc(C(=O)Oc2ccc(C(=O)OC(CC3CCCCC3)OC(=O)c3ccc(OC(=O)c4ccc(OCCCCCC)cc4)cc3)cc2)cc1. The van der Waals surface area contributed by atoms with Gasteiger partial charge in [-0.05, 0) is 116 Å². The van der Waals surface area contributed by atoms with E-state index in [1.165, 1.54) is 61.4 Å². The summed E-state index contributed by atoms with van der Waals surface area (Å²) in [6.07, 6.45) is 13.3. The predicted molar refractivity (Wildman–Crippen MR) is 221 cm³/mol. The van der Waals surface area contributed by atoms with Crippen LogP contribution in [0.3, 0.4) is 0 Å². The number of unbranched alkanes of at least 4 members (excludes halogenated alkanes) is 6. The van der Waals surface area contributed by atoms with Crippen molar-refractivity contribution in [2.24, 2.45) is 5.92 Å². The minimum absolute atomic E-state index is 0.209. The van der Waals surface area contributed by atoms with Crippen LogP contribution in [0.2, 0.25) is 0 Å². The molecule has 10 heteroatoms. The number of carbonyl (C=O) groups excluding carboxylic acids is 4. The van der Waals surface area contributed by atoms with Gasteiger partial charge in [0.05, 0.1) is 35.5 Å². The van der Waals surface area contributed by atoms with Crippen molar-refractivity contribution in [3.05, 3.63) is 119 Å². The molecule has 58 heavy (non-hydrogen) atoms. The van der Waals surface area contributed by atoms with E-state index < -0.39 is 30.2 Å². The number of hydrogen-bond donors (Lipinski definition) is 0. The molecule has 5 rings (SSSR count). The number of carbonyl (C=O) groups is 4. The van der Waals surface area contributed by atoms with Crippen molar-refractivity contribution >= 4 is 23.9 Å². The first-order valence-corrected chi connectivity index (χ1v) is 20.8. The van der Waals surface area contributed by atoms with Crippen LogP contribution in [0.1, 0.15) is 145 Å². The molecule has 0 radical (unpaired) electrons. The Labute approximate surface area is 342 Å². The minimum Gasteiger partial charge on any atom is -0.494 e. The molecule has 1 aliphatic carbocycles. The fourth-order valence-corrected chi connectivity index (χ4v) is 6.65. The molecule has 0 spiro atoms. The maximum Gasteiger partial charge on any atom is 0.343 e. The highest BCUT2D eigenvalue weighted by Crippen LogP contribution is 2.29. The third-order valence-corrected chi connectivity index (χ3v) is 10.0. The lowest BCUT2D eigenvalue weighted by molar-refractivity contribution is -0.0911. The van der Waals surface area contributed by atoms with Crippen LogP contribution < -0.4 is 18.9 Å². The average Bonchev–Trinajstić information content (AvgIpc) is 3.24. The Bertz CT molecular complexity index is 1730. The van der Waals surface area contributed by atoms with Crippen LogP contribution in [-0.4, -0.2) is 43.4 Å². The van der Waals surface area contributed by atoms with Gasteiger partial charge in [0.2, 0.25) is 6.29 Å². The van der Waals surface area contributed by atoms with Gasteiger partial charge in [-0.3, -0.25) is 0 Å². The van der Waals surface area contributed by atoms with E-state index in [4.69, 9.17) is 28.4 Å². The van der Waals surface area contributed by atoms with Crippen molar-refractivity contribution in [3.8, 4) is 23.0 Å². The highest BCUT2D eigenvalue weighted by molar-refractivity contribution is 5.93. The van der Waals surface area contributed by atoms with Gasteiger partial charge in [0, 0.05) is 6.42 Å². The van der Waals surface area contributed by atoms with Crippen LogP contribution >= 0.6 is 0 Å². The molecule has 0 N–H and O–H groups in total. The quantitative estimate of drug-likeness (QED) is 0.0329. The van der Waals surface area contributed by atoms with E-state index in [1.807, 2.05) is 0 Å². The van der Waals surface area contributed by atoms with E-state index >= 15 is 0 Å². The molecule has 0 aromatic heterocycles. The molecule has 1 aliphatic rings. The molecule has 0 aliphatic heterocycles. The summed E-state index contributed by atoms with van der Waals surface area (Å²) in [4.78, 5) is 52.2. The maximum atomic E-state index is 13.3. The van der Waals surface area contributed by atoms with Gasteiger partial charge in [-0.25, -0.2) is 19.2 Å². The second-order valence-corrected chi connectivity index (χ2v) is 14.7. The second kappa shape index (κ2) is 23.6. The Morgan fingerprint density at radius 1 is 0.466 bits per heavy atom. The standard InChI is InChI=1S/C48H56O10/c1-3-5-7-12-32-53-40-24-16-36(17-25-40)45(49)55-42-28-20-38(21-29-42)47(51)57-44(34-35-14-10-9-11-15-35)58-48(52)39-22-30-43(31-23-39)56-46(50)37-18-26-41(27-19-37)54-33-13-8-6-4-2/h16-31,35,44H,3-15,32-34H2,1-2H3. The number of benzene rings is 4. The maximum absolute atomic E-state index is 13.3.